The van der Waals surface area contributed by atoms with Crippen molar-refractivity contribution in [2.75, 3.05) is 7.11 Å². The Balaban J connectivity index is 1.79. The van der Waals surface area contributed by atoms with E-state index in [9.17, 15) is 4.79 Å². The van der Waals surface area contributed by atoms with Gasteiger partial charge in [-0.1, -0.05) is 63.1 Å². The molecule has 2 unspecified atom stereocenters. The molecular formula is C31H46O5Si. The number of hydrogen-bond donors (Lipinski definition) is 0. The molecule has 0 bridgehead atoms. The van der Waals surface area contributed by atoms with Gasteiger partial charge in [-0.25, -0.2) is 0 Å². The molecule has 204 valence electrons. The van der Waals surface area contributed by atoms with Crippen LogP contribution in [0.2, 0.25) is 18.1 Å². The Hall–Kier alpha value is -1.73. The highest BCUT2D eigenvalue weighted by Gasteiger charge is 2.58. The van der Waals surface area contributed by atoms with E-state index in [2.05, 4.69) is 53.7 Å². The van der Waals surface area contributed by atoms with E-state index >= 15 is 0 Å². The first kappa shape index (κ1) is 28.3. The number of carbonyl (C=O) groups excluding carboxylic acids is 1. The predicted molar refractivity (Wildman–Crippen MR) is 150 cm³/mol. The van der Waals surface area contributed by atoms with E-state index < -0.39 is 14.6 Å². The quantitative estimate of drug-likeness (QED) is 0.271. The summed E-state index contributed by atoms with van der Waals surface area (Å²) in [6, 6.07) is 11.3. The summed E-state index contributed by atoms with van der Waals surface area (Å²) in [6.07, 6.45) is 6.25. The first-order valence-corrected chi connectivity index (χ1v) is 16.7. The highest BCUT2D eigenvalue weighted by atomic mass is 28.4. The van der Waals surface area contributed by atoms with Crippen LogP contribution in [0.1, 0.15) is 79.1 Å². The average Bonchev–Trinajstić information content (AvgIpc) is 3.34. The second-order valence-electron chi connectivity index (χ2n) is 11.5. The van der Waals surface area contributed by atoms with Gasteiger partial charge in [-0.2, -0.15) is 0 Å². The van der Waals surface area contributed by atoms with E-state index in [0.717, 1.165) is 42.3 Å². The van der Waals surface area contributed by atoms with Gasteiger partial charge >= 0.3 is 0 Å². The van der Waals surface area contributed by atoms with Gasteiger partial charge in [0.2, 0.25) is 0 Å². The summed E-state index contributed by atoms with van der Waals surface area (Å²) >= 11 is 0. The van der Waals surface area contributed by atoms with Crippen molar-refractivity contribution in [1.29, 1.82) is 0 Å². The van der Waals surface area contributed by atoms with Crippen LogP contribution in [0.3, 0.4) is 0 Å². The van der Waals surface area contributed by atoms with Crippen molar-refractivity contribution in [2.45, 2.75) is 110 Å². The number of allylic oxidation sites excluding steroid dienone is 2. The molecule has 0 spiro atoms. The van der Waals surface area contributed by atoms with E-state index in [1.165, 1.54) is 11.1 Å². The first-order chi connectivity index (χ1) is 17.7. The monoisotopic (exact) mass is 526 g/mol. The SMILES string of the molecule is CC[Si](CC)(CC)O[C@H]1CC=C(C)C2CC(=O)C/C=C(/C)C[C@H]3OC(c4ccc(OC)cc4)O[C@@H]3[C@]21C. The standard InChI is InChI=1S/C31H46O5Si/c1-8-37(9-2,10-3)36-28-18-12-22(5)26-20-24(32)15-11-21(4)19-27-29(31(26,28)6)35-30(34-27)23-13-16-25(33-7)17-14-23/h11-14,16-17,26-30H,8-10,15,18-20H2,1-7H3/b21-11-/t26?,27-,28+,29+,30?,31-/m1/s1. The van der Waals surface area contributed by atoms with Gasteiger partial charge in [0.05, 0.1) is 25.4 Å². The van der Waals surface area contributed by atoms with Gasteiger partial charge in [-0.05, 0) is 62.9 Å². The molecule has 1 fully saturated rings. The molecule has 2 aliphatic carbocycles. The second kappa shape index (κ2) is 11.6. The van der Waals surface area contributed by atoms with Crippen molar-refractivity contribution >= 4 is 14.1 Å². The van der Waals surface area contributed by atoms with Crippen molar-refractivity contribution in [3.63, 3.8) is 0 Å². The number of carbonyl (C=O) groups is 1. The lowest BCUT2D eigenvalue weighted by molar-refractivity contribution is -0.134. The smallest absolute Gasteiger partial charge is 0.192 e. The number of hydrogen-bond acceptors (Lipinski definition) is 5. The van der Waals surface area contributed by atoms with Gasteiger partial charge in [0.25, 0.3) is 0 Å². The van der Waals surface area contributed by atoms with Gasteiger partial charge < -0.3 is 18.6 Å². The van der Waals surface area contributed by atoms with E-state index in [0.29, 0.717) is 12.8 Å². The molecule has 4 rings (SSSR count). The number of ketones is 1. The van der Waals surface area contributed by atoms with E-state index in [4.69, 9.17) is 18.6 Å². The van der Waals surface area contributed by atoms with Crippen LogP contribution in [0.5, 0.6) is 5.75 Å². The lowest BCUT2D eigenvalue weighted by Crippen LogP contribution is -2.58. The number of fused-ring (bicyclic) bond motifs is 3. The normalized spacial score (nSPS) is 34.1. The molecule has 1 heterocycles. The highest BCUT2D eigenvalue weighted by molar-refractivity contribution is 6.73. The summed E-state index contributed by atoms with van der Waals surface area (Å²) in [7, 11) is -0.229. The highest BCUT2D eigenvalue weighted by Crippen LogP contribution is 2.55. The van der Waals surface area contributed by atoms with Crippen LogP contribution in [0.15, 0.2) is 47.6 Å². The Kier molecular flexibility index (Phi) is 8.84. The zero-order valence-electron chi connectivity index (χ0n) is 23.8. The second-order valence-corrected chi connectivity index (χ2v) is 16.2. The van der Waals surface area contributed by atoms with Gasteiger partial charge in [0.15, 0.2) is 14.6 Å². The van der Waals surface area contributed by atoms with Crippen LogP contribution < -0.4 is 4.74 Å². The molecule has 5 nitrogen and oxygen atoms in total. The predicted octanol–water partition coefficient (Wildman–Crippen LogP) is 7.54. The third-order valence-electron chi connectivity index (χ3n) is 9.51. The van der Waals surface area contributed by atoms with Crippen LogP contribution in [-0.4, -0.2) is 39.5 Å². The Morgan fingerprint density at radius 2 is 1.68 bits per heavy atom. The number of rotatable bonds is 7. The summed E-state index contributed by atoms with van der Waals surface area (Å²) < 4.78 is 26.3. The zero-order chi connectivity index (χ0) is 26.8. The van der Waals surface area contributed by atoms with Crippen molar-refractivity contribution < 1.29 is 23.4 Å². The number of ether oxygens (including phenoxy) is 3. The van der Waals surface area contributed by atoms with Crippen LogP contribution in [0.4, 0.5) is 0 Å². The molecule has 1 aromatic rings. The molecule has 0 N–H and O–H groups in total. The third kappa shape index (κ3) is 5.54. The summed E-state index contributed by atoms with van der Waals surface area (Å²) in [5.41, 5.74) is 3.07. The Bertz CT molecular complexity index is 1000. The molecule has 0 aromatic heterocycles. The van der Waals surface area contributed by atoms with Crippen molar-refractivity contribution in [2.24, 2.45) is 11.3 Å². The van der Waals surface area contributed by atoms with Gasteiger partial charge in [-0.3, -0.25) is 4.79 Å². The minimum Gasteiger partial charge on any atom is -0.497 e. The summed E-state index contributed by atoms with van der Waals surface area (Å²) in [4.78, 5) is 13.2. The zero-order valence-corrected chi connectivity index (χ0v) is 24.8. The largest absolute Gasteiger partial charge is 0.497 e. The number of benzene rings is 1. The summed E-state index contributed by atoms with van der Waals surface area (Å²) in [5.74, 6) is 1.16. The fourth-order valence-corrected chi connectivity index (χ4v) is 9.70. The summed E-state index contributed by atoms with van der Waals surface area (Å²) in [6.45, 7) is 13.5. The summed E-state index contributed by atoms with van der Waals surface area (Å²) in [5, 5.41) is 0. The van der Waals surface area contributed by atoms with Crippen molar-refractivity contribution in [1.82, 2.24) is 0 Å². The van der Waals surface area contributed by atoms with Gasteiger partial charge in [0.1, 0.15) is 11.5 Å². The molecule has 1 aliphatic heterocycles. The van der Waals surface area contributed by atoms with E-state index in [1.54, 1.807) is 7.11 Å². The van der Waals surface area contributed by atoms with Crippen LogP contribution in [0, 0.1) is 11.3 Å². The Morgan fingerprint density at radius 1 is 1.00 bits per heavy atom. The fourth-order valence-electron chi connectivity index (χ4n) is 6.75. The molecule has 0 radical (unpaired) electrons. The number of methoxy groups -OCH3 is 1. The van der Waals surface area contributed by atoms with Gasteiger partial charge in [-0.15, -0.1) is 0 Å². The molecule has 1 saturated heterocycles. The molecular weight excluding hydrogens is 480 g/mol. The van der Waals surface area contributed by atoms with Crippen LogP contribution in [-0.2, 0) is 18.7 Å². The third-order valence-corrected chi connectivity index (χ3v) is 14.2. The lowest BCUT2D eigenvalue weighted by atomic mass is 9.59. The Morgan fingerprint density at radius 3 is 2.30 bits per heavy atom. The average molecular weight is 527 g/mol. The Labute approximate surface area is 224 Å². The van der Waals surface area contributed by atoms with Crippen molar-refractivity contribution in [3.05, 3.63) is 53.1 Å². The maximum Gasteiger partial charge on any atom is 0.192 e. The minimum absolute atomic E-state index is 0.00468. The molecule has 6 heteroatoms. The number of Topliss-reactive ketones (excluding diaryl/α,β-unsaturated/α-hetero) is 1. The molecule has 0 amide bonds. The minimum atomic E-state index is -1.90. The molecule has 6 atom stereocenters. The molecule has 0 saturated carbocycles. The topological polar surface area (TPSA) is 54.0 Å². The van der Waals surface area contributed by atoms with Crippen LogP contribution in [0.25, 0.3) is 0 Å². The van der Waals surface area contributed by atoms with E-state index in [-0.39, 0.29) is 35.4 Å². The van der Waals surface area contributed by atoms with Crippen LogP contribution >= 0.6 is 0 Å². The maximum absolute atomic E-state index is 13.2. The van der Waals surface area contributed by atoms with Crippen molar-refractivity contribution in [3.8, 4) is 5.75 Å². The van der Waals surface area contributed by atoms with Gasteiger partial charge in [0, 0.05) is 23.8 Å². The van der Waals surface area contributed by atoms with E-state index in [1.807, 2.05) is 24.3 Å². The lowest BCUT2D eigenvalue weighted by Gasteiger charge is -2.53. The maximum atomic E-state index is 13.2. The molecule has 37 heavy (non-hydrogen) atoms. The first-order valence-electron chi connectivity index (χ1n) is 14.2. The molecule has 3 aliphatic rings. The fraction of sp³-hybridized carbons (Fsp3) is 0.645. The molecule has 1 aromatic carbocycles.